The minimum atomic E-state index is -1.41. The molecule has 0 aromatic heterocycles. The molecule has 1 aliphatic heterocycles. The number of hydrogen-bond acceptors (Lipinski definition) is 12. The Balaban J connectivity index is 0.000000713. The maximum Gasteiger partial charge on any atom is 0.302 e. The van der Waals surface area contributed by atoms with Gasteiger partial charge in [0.2, 0.25) is 0 Å². The van der Waals surface area contributed by atoms with Gasteiger partial charge in [0.05, 0.1) is 13.2 Å². The normalized spacial score (nSPS) is 40.9. The van der Waals surface area contributed by atoms with E-state index in [1.807, 2.05) is 0 Å². The first-order valence-electron chi connectivity index (χ1n) is 21.9. The van der Waals surface area contributed by atoms with Gasteiger partial charge in [-0.2, -0.15) is 0 Å². The highest BCUT2D eigenvalue weighted by Crippen LogP contribution is 2.77. The van der Waals surface area contributed by atoms with E-state index in [2.05, 4.69) is 48.1 Å². The molecule has 15 atom stereocenters. The molecule has 16 heteroatoms. The molecule has 1 unspecified atom stereocenters. The van der Waals surface area contributed by atoms with Crippen molar-refractivity contribution in [2.45, 2.75) is 177 Å². The van der Waals surface area contributed by atoms with Crippen LogP contribution < -0.4 is 0 Å². The summed E-state index contributed by atoms with van der Waals surface area (Å²) < 4.78 is 17.8. The number of aliphatic hydroxyl groups is 4. The van der Waals surface area contributed by atoms with Crippen LogP contribution in [0.25, 0.3) is 0 Å². The SMILES string of the molecule is C=C(C)[C@@H]1CC[C@]2(CO[C@@H]3[C@@H](O)[C@@H](O)[C@@H](CO)O[C@H]3O)CC[C@]3(C)[C@H](CC[C@@H]4[C@@]5(C)CCC(OC(C)=O)C(C)(C)[C@@H]5CC[C@]43C)[C@@H]12.CC(=O)O.CC(=O)O.CC(=O)O.CC(=O)O. The number of carbonyl (C=O) groups is 5. The van der Waals surface area contributed by atoms with Crippen LogP contribution in [0.1, 0.15) is 140 Å². The number of carboxylic acid groups (broad SMARTS) is 4. The predicted octanol–water partition coefficient (Wildman–Crippen LogP) is 5.76. The summed E-state index contributed by atoms with van der Waals surface area (Å²) in [6.45, 7) is 25.0. The number of carbonyl (C=O) groups excluding carboxylic acids is 1. The fourth-order valence-electron chi connectivity index (χ4n) is 13.4. The zero-order chi connectivity index (χ0) is 47.9. The number of aliphatic hydroxyl groups excluding tert-OH is 4. The molecule has 8 N–H and O–H groups in total. The largest absolute Gasteiger partial charge is 0.481 e. The van der Waals surface area contributed by atoms with Gasteiger partial charge in [-0.25, -0.2) is 0 Å². The highest BCUT2D eigenvalue weighted by Gasteiger charge is 2.71. The van der Waals surface area contributed by atoms with Gasteiger partial charge in [0.25, 0.3) is 23.9 Å². The lowest BCUT2D eigenvalue weighted by atomic mass is 9.32. The quantitative estimate of drug-likeness (QED) is 0.116. The molecule has 0 aromatic carbocycles. The van der Waals surface area contributed by atoms with Crippen molar-refractivity contribution in [1.29, 1.82) is 0 Å². The van der Waals surface area contributed by atoms with Crippen molar-refractivity contribution in [1.82, 2.24) is 0 Å². The molecule has 0 amide bonds. The lowest BCUT2D eigenvalue weighted by Crippen LogP contribution is -2.67. The average Bonchev–Trinajstić information content (AvgIpc) is 3.50. The molecule has 6 rings (SSSR count). The smallest absolute Gasteiger partial charge is 0.302 e. The number of carboxylic acids is 4. The molecule has 6 fully saturated rings. The van der Waals surface area contributed by atoms with Crippen LogP contribution in [0.4, 0.5) is 0 Å². The van der Waals surface area contributed by atoms with Gasteiger partial charge in [-0.05, 0) is 122 Å². The molecule has 0 aromatic rings. The molecular formula is C46H78O16. The first kappa shape index (κ1) is 55.0. The van der Waals surface area contributed by atoms with Crippen molar-refractivity contribution in [2.75, 3.05) is 13.2 Å². The Kier molecular flexibility index (Phi) is 19.2. The zero-order valence-corrected chi connectivity index (χ0v) is 38.9. The molecule has 0 bridgehead atoms. The van der Waals surface area contributed by atoms with Crippen molar-refractivity contribution in [3.05, 3.63) is 12.2 Å². The Hall–Kier alpha value is -3.15. The van der Waals surface area contributed by atoms with Gasteiger partial charge in [-0.3, -0.25) is 24.0 Å². The van der Waals surface area contributed by atoms with E-state index in [9.17, 15) is 25.2 Å². The number of esters is 1. The van der Waals surface area contributed by atoms with E-state index in [0.29, 0.717) is 36.2 Å². The predicted molar refractivity (Wildman–Crippen MR) is 227 cm³/mol. The summed E-state index contributed by atoms with van der Waals surface area (Å²) in [7, 11) is 0. The molecule has 358 valence electrons. The highest BCUT2D eigenvalue weighted by atomic mass is 16.7. The number of aliphatic carboxylic acids is 4. The minimum Gasteiger partial charge on any atom is -0.481 e. The summed E-state index contributed by atoms with van der Waals surface area (Å²) in [5.74, 6) is -1.06. The van der Waals surface area contributed by atoms with Gasteiger partial charge in [0, 0.05) is 40.0 Å². The fourth-order valence-corrected chi connectivity index (χ4v) is 13.4. The number of ether oxygens (including phenoxy) is 3. The van der Waals surface area contributed by atoms with Gasteiger partial charge >= 0.3 is 5.97 Å². The Labute approximate surface area is 367 Å². The van der Waals surface area contributed by atoms with E-state index in [0.717, 1.165) is 72.6 Å². The van der Waals surface area contributed by atoms with Crippen LogP contribution >= 0.6 is 0 Å². The van der Waals surface area contributed by atoms with Crippen LogP contribution in [-0.2, 0) is 38.2 Å². The summed E-state index contributed by atoms with van der Waals surface area (Å²) >= 11 is 0. The van der Waals surface area contributed by atoms with E-state index >= 15 is 0 Å². The molecule has 1 saturated heterocycles. The molecule has 62 heavy (non-hydrogen) atoms. The zero-order valence-electron chi connectivity index (χ0n) is 38.9. The molecule has 0 spiro atoms. The lowest BCUT2D eigenvalue weighted by Gasteiger charge is -2.73. The monoisotopic (exact) mass is 887 g/mol. The Bertz CT molecular complexity index is 1520. The molecule has 0 radical (unpaired) electrons. The Morgan fingerprint density at radius 1 is 0.661 bits per heavy atom. The first-order chi connectivity index (χ1) is 28.4. The van der Waals surface area contributed by atoms with Crippen molar-refractivity contribution < 1.29 is 79.0 Å². The number of allylic oxidation sites excluding steroid dienone is 1. The van der Waals surface area contributed by atoms with Crippen LogP contribution in [0.15, 0.2) is 12.2 Å². The summed E-state index contributed by atoms with van der Waals surface area (Å²) in [4.78, 5) is 48.0. The number of hydrogen-bond donors (Lipinski definition) is 8. The molecule has 5 aliphatic carbocycles. The van der Waals surface area contributed by atoms with Crippen LogP contribution in [0, 0.1) is 56.7 Å². The fraction of sp³-hybridized carbons (Fsp3) is 0.848. The van der Waals surface area contributed by atoms with Gasteiger partial charge < -0.3 is 55.1 Å². The number of rotatable bonds is 6. The van der Waals surface area contributed by atoms with Crippen LogP contribution in [0.5, 0.6) is 0 Å². The molecule has 1 heterocycles. The molecular weight excluding hydrogens is 808 g/mol. The van der Waals surface area contributed by atoms with Crippen LogP contribution in [0.3, 0.4) is 0 Å². The lowest BCUT2D eigenvalue weighted by molar-refractivity contribution is -0.304. The van der Waals surface area contributed by atoms with Crippen LogP contribution in [-0.4, -0.2) is 121 Å². The van der Waals surface area contributed by atoms with Crippen molar-refractivity contribution in [3.63, 3.8) is 0 Å². The minimum absolute atomic E-state index is 0.0216. The second-order valence-corrected chi connectivity index (χ2v) is 20.1. The maximum atomic E-state index is 12.0. The van der Waals surface area contributed by atoms with E-state index in [1.54, 1.807) is 6.92 Å². The maximum absolute atomic E-state index is 12.0. The van der Waals surface area contributed by atoms with E-state index in [1.165, 1.54) is 24.8 Å². The van der Waals surface area contributed by atoms with E-state index in [4.69, 9.17) is 53.8 Å². The second-order valence-electron chi connectivity index (χ2n) is 20.1. The standard InChI is InChI=1S/C38H62O8.4C2H4O2/c1-21(2)23-11-16-38(20-44-32-31(42)30(41)25(19-39)46-33(32)43)18-17-36(7)24(29(23)38)9-10-27-35(6)14-13-28(45-22(3)40)34(4,5)26(35)12-15-37(27,36)8;4*1-2(3)4/h23-33,39,41-43H,1,9-20H2,2-8H3;4*1H3,(H,3,4)/t23-,24+,25+,26-,27+,28?,29+,30-,31-,32+,33+,35-,36+,37+,38+;;;;/m0..../s1. The van der Waals surface area contributed by atoms with E-state index in [-0.39, 0.29) is 39.1 Å². The molecule has 16 nitrogen and oxygen atoms in total. The van der Waals surface area contributed by atoms with Crippen molar-refractivity contribution in [3.8, 4) is 0 Å². The summed E-state index contributed by atoms with van der Waals surface area (Å²) in [5.41, 5.74) is 1.63. The van der Waals surface area contributed by atoms with Gasteiger partial charge in [0.1, 0.15) is 30.5 Å². The van der Waals surface area contributed by atoms with Crippen molar-refractivity contribution in [2.24, 2.45) is 56.7 Å². The van der Waals surface area contributed by atoms with Gasteiger partial charge in [0.15, 0.2) is 6.29 Å². The van der Waals surface area contributed by atoms with Crippen molar-refractivity contribution >= 4 is 29.8 Å². The van der Waals surface area contributed by atoms with Gasteiger partial charge in [-0.15, -0.1) is 0 Å². The third-order valence-corrected chi connectivity index (χ3v) is 15.9. The summed E-state index contributed by atoms with van der Waals surface area (Å²) in [6, 6.07) is 0. The van der Waals surface area contributed by atoms with Crippen LogP contribution in [0.2, 0.25) is 0 Å². The first-order valence-corrected chi connectivity index (χ1v) is 21.9. The Morgan fingerprint density at radius 3 is 1.68 bits per heavy atom. The third kappa shape index (κ3) is 11.9. The molecule has 5 saturated carbocycles. The molecule has 6 aliphatic rings. The highest BCUT2D eigenvalue weighted by molar-refractivity contribution is 5.66. The Morgan fingerprint density at radius 2 is 1.19 bits per heavy atom. The average molecular weight is 887 g/mol. The summed E-state index contributed by atoms with van der Waals surface area (Å²) in [6.07, 6.45) is 4.80. The topological polar surface area (TPSA) is 275 Å². The number of fused-ring (bicyclic) bond motifs is 7. The van der Waals surface area contributed by atoms with E-state index < -0.39 is 61.2 Å². The van der Waals surface area contributed by atoms with Gasteiger partial charge in [-0.1, -0.05) is 46.8 Å². The summed E-state index contributed by atoms with van der Waals surface area (Å²) in [5, 5.41) is 71.3. The second kappa shape index (κ2) is 21.7. The third-order valence-electron chi connectivity index (χ3n) is 15.9.